The predicted molar refractivity (Wildman–Crippen MR) is 136 cm³/mol. The molecule has 1 unspecified atom stereocenters. The number of benzene rings is 1. The van der Waals surface area contributed by atoms with Crippen LogP contribution in [-0.4, -0.2) is 42.5 Å². The van der Waals surface area contributed by atoms with Gasteiger partial charge in [0.15, 0.2) is 0 Å². The highest BCUT2D eigenvalue weighted by Gasteiger charge is 2.19. The number of thioether (sulfide) groups is 1. The summed E-state index contributed by atoms with van der Waals surface area (Å²) in [5.41, 5.74) is -0.189. The Balaban J connectivity index is 2.56. The maximum Gasteiger partial charge on any atom is 0.304 e. The molecule has 0 heterocycles. The second-order valence-electron chi connectivity index (χ2n) is 8.16. The lowest BCUT2D eigenvalue weighted by atomic mass is 10.0. The molecule has 1 aromatic rings. The molecule has 8 nitrogen and oxygen atoms in total. The number of allylic oxidation sites excluding steroid dienone is 2. The molecular weight excluding hydrogens is 478 g/mol. The summed E-state index contributed by atoms with van der Waals surface area (Å²) in [6.07, 6.45) is 14.1. The minimum absolute atomic E-state index is 0.000168. The number of hydrogen-bond donors (Lipinski definition) is 1. The van der Waals surface area contributed by atoms with Crippen LogP contribution in [-0.2, 0) is 19.1 Å². The second-order valence-corrected chi connectivity index (χ2v) is 11.0. The molecule has 1 atom stereocenters. The summed E-state index contributed by atoms with van der Waals surface area (Å²) < 4.78 is 30.3. The second kappa shape index (κ2) is 17.5. The van der Waals surface area contributed by atoms with Crippen LogP contribution in [0.4, 0.5) is 5.69 Å². The van der Waals surface area contributed by atoms with E-state index in [-0.39, 0.29) is 29.5 Å². The Morgan fingerprint density at radius 3 is 2.44 bits per heavy atom. The van der Waals surface area contributed by atoms with Gasteiger partial charge in [0.1, 0.15) is 0 Å². The van der Waals surface area contributed by atoms with E-state index in [1.165, 1.54) is 56.0 Å². The number of non-ortho nitro benzene ring substituents is 1. The van der Waals surface area contributed by atoms with Crippen molar-refractivity contribution in [2.75, 3.05) is 18.1 Å². The standard InChI is InChI=1S/C24H37NO7S2/c1-2-3-4-5-6-7-8-9-10-11-21(16-18-33-19-17-24(26)27)20-32-34(30,31)23-14-12-22(13-15-23)25(28)29/h9-10,12-15,21H,2-8,11,16-20H2,1H3,(H,26,27)/b10-9-. The van der Waals surface area contributed by atoms with Crippen molar-refractivity contribution in [1.82, 2.24) is 0 Å². The molecule has 0 aromatic heterocycles. The van der Waals surface area contributed by atoms with Crippen LogP contribution < -0.4 is 0 Å². The van der Waals surface area contributed by atoms with Crippen LogP contribution in [0, 0.1) is 16.0 Å². The van der Waals surface area contributed by atoms with E-state index in [1.807, 2.05) is 0 Å². The Bertz CT molecular complexity index is 855. The van der Waals surface area contributed by atoms with E-state index in [1.54, 1.807) is 0 Å². The van der Waals surface area contributed by atoms with Crippen molar-refractivity contribution in [2.45, 2.75) is 76.0 Å². The third kappa shape index (κ3) is 13.7. The Morgan fingerprint density at radius 1 is 1.12 bits per heavy atom. The first-order valence-corrected chi connectivity index (χ1v) is 14.4. The van der Waals surface area contributed by atoms with Gasteiger partial charge in [0, 0.05) is 17.9 Å². The molecule has 34 heavy (non-hydrogen) atoms. The van der Waals surface area contributed by atoms with Gasteiger partial charge in [0.05, 0.1) is 22.8 Å². The molecule has 10 heteroatoms. The van der Waals surface area contributed by atoms with Crippen LogP contribution in [0.1, 0.15) is 71.1 Å². The molecule has 1 N–H and O–H groups in total. The largest absolute Gasteiger partial charge is 0.481 e. The van der Waals surface area contributed by atoms with Crippen LogP contribution in [0.2, 0.25) is 0 Å². The molecule has 1 rings (SSSR count). The molecular formula is C24H37NO7S2. The summed E-state index contributed by atoms with van der Waals surface area (Å²) >= 11 is 1.53. The number of hydrogen-bond acceptors (Lipinski definition) is 7. The van der Waals surface area contributed by atoms with Gasteiger partial charge in [0.2, 0.25) is 0 Å². The highest BCUT2D eigenvalue weighted by Crippen LogP contribution is 2.21. The topological polar surface area (TPSA) is 124 Å². The van der Waals surface area contributed by atoms with Crippen molar-refractivity contribution < 1.29 is 27.4 Å². The molecule has 0 aliphatic rings. The Hall–Kier alpha value is -1.91. The maximum absolute atomic E-state index is 12.5. The lowest BCUT2D eigenvalue weighted by Crippen LogP contribution is -2.15. The summed E-state index contributed by atoms with van der Waals surface area (Å²) in [6, 6.07) is 4.62. The van der Waals surface area contributed by atoms with Crippen LogP contribution >= 0.6 is 11.8 Å². The smallest absolute Gasteiger partial charge is 0.304 e. The van der Waals surface area contributed by atoms with Gasteiger partial charge in [-0.25, -0.2) is 0 Å². The molecule has 0 saturated carbocycles. The molecule has 0 bridgehead atoms. The summed E-state index contributed by atoms with van der Waals surface area (Å²) in [5, 5.41) is 19.5. The molecule has 192 valence electrons. The summed E-state index contributed by atoms with van der Waals surface area (Å²) in [6.45, 7) is 2.20. The zero-order chi connectivity index (χ0) is 25.2. The SMILES string of the molecule is CCCCCCCC/C=C\CC(CCSCCC(=O)O)COS(=O)(=O)c1ccc([N+](=O)[O-])cc1. The third-order valence-electron chi connectivity index (χ3n) is 5.29. The minimum Gasteiger partial charge on any atom is -0.481 e. The van der Waals surface area contributed by atoms with Gasteiger partial charge in [-0.2, -0.15) is 20.2 Å². The van der Waals surface area contributed by atoms with Gasteiger partial charge in [-0.1, -0.05) is 51.2 Å². The van der Waals surface area contributed by atoms with E-state index in [4.69, 9.17) is 9.29 Å². The van der Waals surface area contributed by atoms with E-state index in [9.17, 15) is 23.3 Å². The first-order chi connectivity index (χ1) is 16.3. The van der Waals surface area contributed by atoms with Crippen LogP contribution in [0.5, 0.6) is 0 Å². The van der Waals surface area contributed by atoms with Gasteiger partial charge in [0.25, 0.3) is 15.8 Å². The number of unbranched alkanes of at least 4 members (excludes halogenated alkanes) is 6. The molecule has 0 fully saturated rings. The van der Waals surface area contributed by atoms with E-state index >= 15 is 0 Å². The summed E-state index contributed by atoms with van der Waals surface area (Å²) in [5.74, 6) is 0.354. The maximum atomic E-state index is 12.5. The monoisotopic (exact) mass is 515 g/mol. The number of carboxylic acids is 1. The van der Waals surface area contributed by atoms with Gasteiger partial charge in [-0.15, -0.1) is 0 Å². The van der Waals surface area contributed by atoms with Gasteiger partial charge >= 0.3 is 5.97 Å². The fourth-order valence-corrected chi connectivity index (χ4v) is 5.22. The van der Waals surface area contributed by atoms with Crippen molar-refractivity contribution in [3.63, 3.8) is 0 Å². The third-order valence-corrected chi connectivity index (χ3v) is 7.60. The number of carboxylic acid groups (broad SMARTS) is 1. The summed E-state index contributed by atoms with van der Waals surface area (Å²) in [7, 11) is -4.03. The predicted octanol–water partition coefficient (Wildman–Crippen LogP) is 6.21. The first kappa shape index (κ1) is 30.1. The number of aliphatic carboxylic acids is 1. The lowest BCUT2D eigenvalue weighted by Gasteiger charge is -2.15. The number of carbonyl (C=O) groups is 1. The highest BCUT2D eigenvalue weighted by atomic mass is 32.2. The zero-order valence-corrected chi connectivity index (χ0v) is 21.5. The number of rotatable bonds is 20. The average molecular weight is 516 g/mol. The molecule has 1 aromatic carbocycles. The van der Waals surface area contributed by atoms with Crippen molar-refractivity contribution in [1.29, 1.82) is 0 Å². The van der Waals surface area contributed by atoms with Crippen LogP contribution in [0.25, 0.3) is 0 Å². The van der Waals surface area contributed by atoms with Gasteiger partial charge in [-0.05, 0) is 49.5 Å². The fraction of sp³-hybridized carbons (Fsp3) is 0.625. The number of nitro benzene ring substituents is 1. The lowest BCUT2D eigenvalue weighted by molar-refractivity contribution is -0.384. The fourth-order valence-electron chi connectivity index (χ4n) is 3.22. The van der Waals surface area contributed by atoms with E-state index in [0.717, 1.165) is 25.0 Å². The van der Waals surface area contributed by atoms with Crippen molar-refractivity contribution in [3.8, 4) is 0 Å². The molecule has 0 aliphatic heterocycles. The Morgan fingerprint density at radius 2 is 1.79 bits per heavy atom. The summed E-state index contributed by atoms with van der Waals surface area (Å²) in [4.78, 5) is 20.7. The van der Waals surface area contributed by atoms with E-state index in [0.29, 0.717) is 24.3 Å². The number of nitro groups is 1. The first-order valence-electron chi connectivity index (χ1n) is 11.8. The van der Waals surface area contributed by atoms with Gasteiger partial charge in [-0.3, -0.25) is 19.1 Å². The number of nitrogens with zero attached hydrogens (tertiary/aromatic N) is 1. The Kier molecular flexibility index (Phi) is 15.5. The van der Waals surface area contributed by atoms with E-state index < -0.39 is 21.0 Å². The van der Waals surface area contributed by atoms with E-state index in [2.05, 4.69) is 19.1 Å². The normalized spacial score (nSPS) is 12.7. The van der Waals surface area contributed by atoms with Crippen LogP contribution in [0.3, 0.4) is 0 Å². The molecule has 0 spiro atoms. The van der Waals surface area contributed by atoms with Crippen molar-refractivity contribution in [3.05, 3.63) is 46.5 Å². The average Bonchev–Trinajstić information content (AvgIpc) is 2.80. The van der Waals surface area contributed by atoms with Crippen LogP contribution in [0.15, 0.2) is 41.3 Å². The van der Waals surface area contributed by atoms with Crippen molar-refractivity contribution in [2.24, 2.45) is 5.92 Å². The quantitative estimate of drug-likeness (QED) is 0.0714. The minimum atomic E-state index is -4.03. The molecule has 0 saturated heterocycles. The highest BCUT2D eigenvalue weighted by molar-refractivity contribution is 7.99. The van der Waals surface area contributed by atoms with Gasteiger partial charge < -0.3 is 5.11 Å². The molecule has 0 amide bonds. The molecule has 0 aliphatic carbocycles. The zero-order valence-electron chi connectivity index (χ0n) is 19.9. The van der Waals surface area contributed by atoms with Crippen molar-refractivity contribution >= 4 is 33.5 Å². The Labute approximate surface area is 207 Å². The molecule has 0 radical (unpaired) electrons.